The quantitative estimate of drug-likeness (QED) is 0.376. The smallest absolute Gasteiger partial charge is 0.111 e. The second-order valence-electron chi connectivity index (χ2n) is 8.85. The fourth-order valence-electron chi connectivity index (χ4n) is 3.93. The van der Waals surface area contributed by atoms with E-state index in [0.717, 1.165) is 23.4 Å². The van der Waals surface area contributed by atoms with Crippen molar-refractivity contribution in [1.29, 1.82) is 0 Å². The molecule has 3 heteroatoms. The van der Waals surface area contributed by atoms with Crippen LogP contribution < -0.4 is 0 Å². The van der Waals surface area contributed by atoms with Crippen LogP contribution in [0, 0.1) is 26.2 Å². The third-order valence-electron chi connectivity index (χ3n) is 4.89. The van der Waals surface area contributed by atoms with E-state index in [4.69, 9.17) is 0 Å². The van der Waals surface area contributed by atoms with Gasteiger partial charge in [0, 0.05) is 21.0 Å². The highest BCUT2D eigenvalue weighted by Gasteiger charge is 2.19. The Morgan fingerprint density at radius 1 is 0.889 bits per heavy atom. The lowest BCUT2D eigenvalue weighted by atomic mass is 9.88. The molecule has 0 spiro atoms. The molecule has 0 aliphatic carbocycles. The first-order valence-electron chi connectivity index (χ1n) is 9.49. The molecule has 2 heterocycles. The first-order valence-corrected chi connectivity index (χ1v) is 10.3. The number of aryl methyl sites for hydroxylation is 3. The van der Waals surface area contributed by atoms with Crippen molar-refractivity contribution in [1.82, 2.24) is 10.2 Å². The number of aromatic nitrogens is 2. The SMILES string of the molecule is Cc1cc(C)cc(-c2nnc(C)c3c2sc2c(CC(C)(C)C)cccc23)c1. The van der Waals surface area contributed by atoms with Gasteiger partial charge in [0.25, 0.3) is 0 Å². The van der Waals surface area contributed by atoms with Crippen LogP contribution in [-0.2, 0) is 6.42 Å². The van der Waals surface area contributed by atoms with Gasteiger partial charge in [-0.2, -0.15) is 5.10 Å². The van der Waals surface area contributed by atoms with Crippen molar-refractivity contribution in [3.63, 3.8) is 0 Å². The van der Waals surface area contributed by atoms with Gasteiger partial charge < -0.3 is 0 Å². The van der Waals surface area contributed by atoms with Crippen LogP contribution in [-0.4, -0.2) is 10.2 Å². The Labute approximate surface area is 165 Å². The Kier molecular flexibility index (Phi) is 4.31. The van der Waals surface area contributed by atoms with Gasteiger partial charge >= 0.3 is 0 Å². The predicted molar refractivity (Wildman–Crippen MR) is 118 cm³/mol. The van der Waals surface area contributed by atoms with Crippen LogP contribution in [0.2, 0.25) is 0 Å². The van der Waals surface area contributed by atoms with Crippen LogP contribution in [0.25, 0.3) is 31.4 Å². The van der Waals surface area contributed by atoms with Crippen molar-refractivity contribution in [3.05, 3.63) is 58.8 Å². The molecule has 0 saturated heterocycles. The highest BCUT2D eigenvalue weighted by molar-refractivity contribution is 7.26. The molecule has 27 heavy (non-hydrogen) atoms. The Bertz CT molecular complexity index is 1140. The second-order valence-corrected chi connectivity index (χ2v) is 9.87. The zero-order valence-electron chi connectivity index (χ0n) is 17.0. The van der Waals surface area contributed by atoms with E-state index in [1.807, 2.05) is 11.3 Å². The first-order chi connectivity index (χ1) is 12.7. The minimum absolute atomic E-state index is 0.256. The Morgan fingerprint density at radius 3 is 2.26 bits per heavy atom. The molecule has 0 amide bonds. The number of nitrogens with zero attached hydrogens (tertiary/aromatic N) is 2. The van der Waals surface area contributed by atoms with Crippen molar-refractivity contribution < 1.29 is 0 Å². The molecule has 0 aliphatic rings. The predicted octanol–water partition coefficient (Wildman–Crippen LogP) is 7.03. The lowest BCUT2D eigenvalue weighted by molar-refractivity contribution is 0.413. The van der Waals surface area contributed by atoms with Crippen molar-refractivity contribution >= 4 is 31.5 Å². The first kappa shape index (κ1) is 18.1. The molecule has 0 N–H and O–H groups in total. The highest BCUT2D eigenvalue weighted by atomic mass is 32.1. The third-order valence-corrected chi connectivity index (χ3v) is 6.18. The van der Waals surface area contributed by atoms with E-state index < -0.39 is 0 Å². The van der Waals surface area contributed by atoms with E-state index in [1.165, 1.54) is 36.9 Å². The van der Waals surface area contributed by atoms with Gasteiger partial charge in [0.15, 0.2) is 0 Å². The largest absolute Gasteiger partial charge is 0.155 e. The summed E-state index contributed by atoms with van der Waals surface area (Å²) in [7, 11) is 0. The molecule has 0 unspecified atom stereocenters. The molecule has 138 valence electrons. The molecule has 0 fully saturated rings. The van der Waals surface area contributed by atoms with Gasteiger partial charge in [-0.3, -0.25) is 0 Å². The Balaban J connectivity index is 2.05. The molecule has 4 aromatic rings. The van der Waals surface area contributed by atoms with Gasteiger partial charge in [0.05, 0.1) is 10.4 Å². The molecular weight excluding hydrogens is 348 g/mol. The summed E-state index contributed by atoms with van der Waals surface area (Å²) >= 11 is 1.87. The zero-order chi connectivity index (χ0) is 19.3. The number of benzene rings is 2. The Hall–Kier alpha value is -2.26. The maximum Gasteiger partial charge on any atom is 0.111 e. The maximum atomic E-state index is 4.62. The second kappa shape index (κ2) is 6.42. The molecule has 4 rings (SSSR count). The van der Waals surface area contributed by atoms with Gasteiger partial charge in [-0.15, -0.1) is 16.4 Å². The van der Waals surface area contributed by atoms with E-state index in [1.54, 1.807) is 0 Å². The van der Waals surface area contributed by atoms with Gasteiger partial charge in [0.1, 0.15) is 5.69 Å². The highest BCUT2D eigenvalue weighted by Crippen LogP contribution is 2.42. The minimum atomic E-state index is 0.256. The third kappa shape index (κ3) is 3.37. The lowest BCUT2D eigenvalue weighted by Crippen LogP contribution is -2.08. The van der Waals surface area contributed by atoms with Crippen LogP contribution in [0.15, 0.2) is 36.4 Å². The number of hydrogen-bond donors (Lipinski definition) is 0. The summed E-state index contributed by atoms with van der Waals surface area (Å²) in [5, 5.41) is 11.7. The summed E-state index contributed by atoms with van der Waals surface area (Å²) in [6.07, 6.45) is 1.07. The molecular formula is C24H26N2S. The minimum Gasteiger partial charge on any atom is -0.155 e. The van der Waals surface area contributed by atoms with Crippen molar-refractivity contribution in [2.45, 2.75) is 48.0 Å². The van der Waals surface area contributed by atoms with Gasteiger partial charge in [-0.05, 0) is 50.3 Å². The van der Waals surface area contributed by atoms with E-state index in [0.29, 0.717) is 0 Å². The summed E-state index contributed by atoms with van der Waals surface area (Å²) in [6, 6.07) is 13.3. The van der Waals surface area contributed by atoms with Gasteiger partial charge in [-0.1, -0.05) is 56.2 Å². The van der Waals surface area contributed by atoms with Crippen molar-refractivity contribution in [2.75, 3.05) is 0 Å². The summed E-state index contributed by atoms with van der Waals surface area (Å²) < 4.78 is 2.63. The molecule has 0 bridgehead atoms. The van der Waals surface area contributed by atoms with Gasteiger partial charge in [-0.25, -0.2) is 0 Å². The fourth-order valence-corrected chi connectivity index (χ4v) is 5.31. The molecule has 0 atom stereocenters. The van der Waals surface area contributed by atoms with Crippen LogP contribution >= 0.6 is 11.3 Å². The average molecular weight is 375 g/mol. The summed E-state index contributed by atoms with van der Waals surface area (Å²) in [5.41, 5.74) is 7.38. The van der Waals surface area contributed by atoms with E-state index >= 15 is 0 Å². The van der Waals surface area contributed by atoms with Crippen molar-refractivity contribution in [2.24, 2.45) is 5.41 Å². The number of rotatable bonds is 2. The zero-order valence-corrected chi connectivity index (χ0v) is 17.8. The summed E-state index contributed by atoms with van der Waals surface area (Å²) in [4.78, 5) is 0. The van der Waals surface area contributed by atoms with Gasteiger partial charge in [0.2, 0.25) is 0 Å². The molecule has 2 nitrogen and oxygen atoms in total. The Morgan fingerprint density at radius 2 is 1.59 bits per heavy atom. The fraction of sp³-hybridized carbons (Fsp3) is 0.333. The normalized spacial score (nSPS) is 12.2. The van der Waals surface area contributed by atoms with E-state index in [9.17, 15) is 0 Å². The lowest BCUT2D eigenvalue weighted by Gasteiger charge is -2.18. The number of hydrogen-bond acceptors (Lipinski definition) is 3. The molecule has 0 saturated carbocycles. The average Bonchev–Trinajstić information content (AvgIpc) is 2.94. The topological polar surface area (TPSA) is 25.8 Å². The molecule has 2 aromatic heterocycles. The molecule has 0 aliphatic heterocycles. The van der Waals surface area contributed by atoms with Crippen molar-refractivity contribution in [3.8, 4) is 11.3 Å². The van der Waals surface area contributed by atoms with E-state index in [2.05, 4.69) is 88.1 Å². The monoisotopic (exact) mass is 374 g/mol. The summed E-state index contributed by atoms with van der Waals surface area (Å²) in [6.45, 7) is 13.3. The van der Waals surface area contributed by atoms with Crippen LogP contribution in [0.5, 0.6) is 0 Å². The molecule has 2 aromatic carbocycles. The van der Waals surface area contributed by atoms with E-state index in [-0.39, 0.29) is 5.41 Å². The number of fused-ring (bicyclic) bond motifs is 3. The van der Waals surface area contributed by atoms with Crippen LogP contribution in [0.1, 0.15) is 43.2 Å². The molecule has 0 radical (unpaired) electrons. The maximum absolute atomic E-state index is 4.62. The van der Waals surface area contributed by atoms with Crippen LogP contribution in [0.4, 0.5) is 0 Å². The summed E-state index contributed by atoms with van der Waals surface area (Å²) in [5.74, 6) is 0. The standard InChI is InChI=1S/C24H26N2S/c1-14-10-15(2)12-18(11-14)21-23-20(16(3)25-26-21)19-9-7-8-17(22(19)27-23)13-24(4,5)6/h7-12H,13H2,1-6H3. The number of thiophene rings is 1. The van der Waals surface area contributed by atoms with Crippen LogP contribution in [0.3, 0.4) is 0 Å².